The summed E-state index contributed by atoms with van der Waals surface area (Å²) in [5.74, 6) is -0.634. The highest BCUT2D eigenvalue weighted by atomic mass is 32.2. The molecule has 2 N–H and O–H groups in total. The molecule has 0 bridgehead atoms. The van der Waals surface area contributed by atoms with Crippen LogP contribution >= 0.6 is 0 Å². The third-order valence-electron chi connectivity index (χ3n) is 4.08. The van der Waals surface area contributed by atoms with E-state index in [2.05, 4.69) is 10.0 Å². The molecule has 3 aromatic carbocycles. The summed E-state index contributed by atoms with van der Waals surface area (Å²) < 4.78 is 27.5. The van der Waals surface area contributed by atoms with Crippen LogP contribution in [0.1, 0.15) is 6.92 Å². The summed E-state index contributed by atoms with van der Waals surface area (Å²) >= 11 is 0. The lowest BCUT2D eigenvalue weighted by atomic mass is 10.1. The second-order valence-electron chi connectivity index (χ2n) is 6.15. The molecule has 3 rings (SSSR count). The van der Waals surface area contributed by atoms with Crippen molar-refractivity contribution in [3.63, 3.8) is 0 Å². The lowest BCUT2D eigenvalue weighted by molar-refractivity contribution is -0.384. The summed E-state index contributed by atoms with van der Waals surface area (Å²) in [7, 11) is -3.93. The van der Waals surface area contributed by atoms with Crippen molar-refractivity contribution < 1.29 is 18.1 Å². The van der Waals surface area contributed by atoms with E-state index in [1.807, 2.05) is 12.1 Å². The molecule has 0 aliphatic rings. The zero-order valence-corrected chi connectivity index (χ0v) is 15.6. The zero-order chi connectivity index (χ0) is 20.3. The van der Waals surface area contributed by atoms with Gasteiger partial charge in [0.2, 0.25) is 15.9 Å². The molecule has 0 aromatic heterocycles. The van der Waals surface area contributed by atoms with E-state index in [0.29, 0.717) is 0 Å². The molecule has 144 valence electrons. The first-order valence-corrected chi connectivity index (χ1v) is 9.81. The average Bonchev–Trinajstić information content (AvgIpc) is 2.67. The summed E-state index contributed by atoms with van der Waals surface area (Å²) in [6, 6.07) is 16.3. The van der Waals surface area contributed by atoms with Gasteiger partial charge in [0.1, 0.15) is 0 Å². The molecule has 9 heteroatoms. The van der Waals surface area contributed by atoms with E-state index in [-0.39, 0.29) is 16.3 Å². The number of carbonyl (C=O) groups excluding carboxylic acids is 1. The molecule has 0 spiro atoms. The highest BCUT2D eigenvalue weighted by Crippen LogP contribution is 2.20. The first kappa shape index (κ1) is 19.5. The zero-order valence-electron chi connectivity index (χ0n) is 14.8. The third-order valence-corrected chi connectivity index (χ3v) is 5.62. The molecule has 3 aromatic rings. The molecule has 0 heterocycles. The number of nitrogens with one attached hydrogen (secondary N) is 2. The minimum atomic E-state index is -3.93. The van der Waals surface area contributed by atoms with Gasteiger partial charge >= 0.3 is 0 Å². The van der Waals surface area contributed by atoms with Gasteiger partial charge in [0.15, 0.2) is 0 Å². The first-order chi connectivity index (χ1) is 13.3. The van der Waals surface area contributed by atoms with Gasteiger partial charge in [-0.05, 0) is 35.9 Å². The molecule has 0 unspecified atom stereocenters. The standard InChI is InChI=1S/C19H17N3O5S/c1-13(19(23)20-16-7-4-8-17(12-16)22(24)25)21-28(26,27)18-10-9-14-5-2-3-6-15(14)11-18/h2-13,21H,1H3,(H,20,23)/t13-/m0/s1. The second kappa shape index (κ2) is 7.75. The van der Waals surface area contributed by atoms with Crippen molar-refractivity contribution in [1.29, 1.82) is 0 Å². The number of rotatable bonds is 6. The van der Waals surface area contributed by atoms with Crippen LogP contribution in [0.15, 0.2) is 71.6 Å². The summed E-state index contributed by atoms with van der Waals surface area (Å²) in [6.07, 6.45) is 0. The van der Waals surface area contributed by atoms with E-state index in [9.17, 15) is 23.3 Å². The van der Waals surface area contributed by atoms with Crippen molar-refractivity contribution in [2.45, 2.75) is 17.9 Å². The number of fused-ring (bicyclic) bond motifs is 1. The Morgan fingerprint density at radius 1 is 1.00 bits per heavy atom. The van der Waals surface area contributed by atoms with Crippen LogP contribution in [0.4, 0.5) is 11.4 Å². The number of non-ortho nitro benzene ring substituents is 1. The third kappa shape index (κ3) is 4.33. The Balaban J connectivity index is 1.74. The molecule has 0 aliphatic carbocycles. The maximum absolute atomic E-state index is 12.6. The summed E-state index contributed by atoms with van der Waals surface area (Å²) in [6.45, 7) is 1.39. The molecule has 28 heavy (non-hydrogen) atoms. The van der Waals surface area contributed by atoms with Crippen LogP contribution in [0.2, 0.25) is 0 Å². The number of nitrogens with zero attached hydrogens (tertiary/aromatic N) is 1. The molecule has 1 atom stereocenters. The van der Waals surface area contributed by atoms with E-state index >= 15 is 0 Å². The fourth-order valence-electron chi connectivity index (χ4n) is 2.64. The Labute approximate surface area is 161 Å². The Bertz CT molecular complexity index is 1160. The monoisotopic (exact) mass is 399 g/mol. The molecule has 1 amide bonds. The van der Waals surface area contributed by atoms with Crippen LogP contribution < -0.4 is 10.0 Å². The summed E-state index contributed by atoms with van der Waals surface area (Å²) in [5.41, 5.74) is 0.0261. The molecule has 0 saturated carbocycles. The molecule has 0 aliphatic heterocycles. The summed E-state index contributed by atoms with van der Waals surface area (Å²) in [4.78, 5) is 22.6. The molecule has 0 fully saturated rings. The van der Waals surface area contributed by atoms with E-state index in [4.69, 9.17) is 0 Å². The van der Waals surface area contributed by atoms with Crippen LogP contribution in [-0.4, -0.2) is 25.3 Å². The number of nitro groups is 1. The molecular weight excluding hydrogens is 382 g/mol. The normalized spacial score (nSPS) is 12.5. The Hall–Kier alpha value is -3.30. The van der Waals surface area contributed by atoms with E-state index < -0.39 is 26.9 Å². The first-order valence-electron chi connectivity index (χ1n) is 8.33. The van der Waals surface area contributed by atoms with Gasteiger partial charge in [-0.3, -0.25) is 14.9 Å². The Kier molecular flexibility index (Phi) is 5.39. The van der Waals surface area contributed by atoms with E-state index in [0.717, 1.165) is 10.8 Å². The maximum Gasteiger partial charge on any atom is 0.271 e. The van der Waals surface area contributed by atoms with Gasteiger partial charge in [-0.1, -0.05) is 36.4 Å². The number of benzene rings is 3. The van der Waals surface area contributed by atoms with Crippen LogP contribution in [0.3, 0.4) is 0 Å². The van der Waals surface area contributed by atoms with Crippen LogP contribution in [-0.2, 0) is 14.8 Å². The van der Waals surface area contributed by atoms with Gasteiger partial charge in [-0.25, -0.2) is 8.42 Å². The quantitative estimate of drug-likeness (QED) is 0.488. The summed E-state index contributed by atoms with van der Waals surface area (Å²) in [5, 5.41) is 14.9. The number of sulfonamides is 1. The lowest BCUT2D eigenvalue weighted by Crippen LogP contribution is -2.41. The van der Waals surface area contributed by atoms with Crippen molar-refractivity contribution in [1.82, 2.24) is 4.72 Å². The van der Waals surface area contributed by atoms with Gasteiger partial charge in [0.25, 0.3) is 5.69 Å². The topological polar surface area (TPSA) is 118 Å². The molecule has 0 saturated heterocycles. The van der Waals surface area contributed by atoms with Crippen molar-refractivity contribution >= 4 is 38.1 Å². The molecule has 8 nitrogen and oxygen atoms in total. The van der Waals surface area contributed by atoms with Crippen molar-refractivity contribution in [3.8, 4) is 0 Å². The lowest BCUT2D eigenvalue weighted by Gasteiger charge is -2.15. The van der Waals surface area contributed by atoms with E-state index in [1.165, 1.54) is 43.3 Å². The highest BCUT2D eigenvalue weighted by molar-refractivity contribution is 7.89. The van der Waals surface area contributed by atoms with Crippen molar-refractivity contribution in [3.05, 3.63) is 76.8 Å². The number of hydrogen-bond donors (Lipinski definition) is 2. The van der Waals surface area contributed by atoms with Crippen LogP contribution in [0.5, 0.6) is 0 Å². The second-order valence-corrected chi connectivity index (χ2v) is 7.86. The number of amides is 1. The SMILES string of the molecule is C[C@H](NS(=O)(=O)c1ccc2ccccc2c1)C(=O)Nc1cccc([N+](=O)[O-])c1. The predicted octanol–water partition coefficient (Wildman–Crippen LogP) is 3.05. The average molecular weight is 399 g/mol. The van der Waals surface area contributed by atoms with Gasteiger partial charge < -0.3 is 5.32 Å². The molecular formula is C19H17N3O5S. The highest BCUT2D eigenvalue weighted by Gasteiger charge is 2.22. The van der Waals surface area contributed by atoms with Gasteiger partial charge in [-0.2, -0.15) is 4.72 Å². The molecule has 0 radical (unpaired) electrons. The number of carbonyl (C=O) groups is 1. The van der Waals surface area contributed by atoms with Gasteiger partial charge in [-0.15, -0.1) is 0 Å². The number of anilines is 1. The van der Waals surface area contributed by atoms with Crippen molar-refractivity contribution in [2.24, 2.45) is 0 Å². The Morgan fingerprint density at radius 3 is 2.43 bits per heavy atom. The minimum Gasteiger partial charge on any atom is -0.324 e. The smallest absolute Gasteiger partial charge is 0.271 e. The predicted molar refractivity (Wildman–Crippen MR) is 105 cm³/mol. The van der Waals surface area contributed by atoms with Gasteiger partial charge in [0.05, 0.1) is 15.9 Å². The van der Waals surface area contributed by atoms with Crippen LogP contribution in [0, 0.1) is 10.1 Å². The minimum absolute atomic E-state index is 0.0428. The number of hydrogen-bond acceptors (Lipinski definition) is 5. The Morgan fingerprint density at radius 2 is 1.71 bits per heavy atom. The largest absolute Gasteiger partial charge is 0.324 e. The van der Waals surface area contributed by atoms with Crippen LogP contribution in [0.25, 0.3) is 10.8 Å². The fourth-order valence-corrected chi connectivity index (χ4v) is 3.87. The van der Waals surface area contributed by atoms with Crippen molar-refractivity contribution in [2.75, 3.05) is 5.32 Å². The number of nitro benzene ring substituents is 1. The van der Waals surface area contributed by atoms with E-state index in [1.54, 1.807) is 18.2 Å². The van der Waals surface area contributed by atoms with Gasteiger partial charge in [0, 0.05) is 17.8 Å². The fraction of sp³-hybridized carbons (Fsp3) is 0.105. The maximum atomic E-state index is 12.6.